The Morgan fingerprint density at radius 3 is 2.74 bits per heavy atom. The van der Waals surface area contributed by atoms with Gasteiger partial charge in [0.25, 0.3) is 11.6 Å². The summed E-state index contributed by atoms with van der Waals surface area (Å²) in [5.74, 6) is -0.328. The molecular weight excluding hydrogens is 362 g/mol. The SMILES string of the molecule is O=C(N/N=C/C=C/c1cccc([N+](=O)[O-])c1)c1cccc(Br)c1. The Hall–Kier alpha value is -2.80. The van der Waals surface area contributed by atoms with Gasteiger partial charge in [-0.25, -0.2) is 5.43 Å². The summed E-state index contributed by atoms with van der Waals surface area (Å²) in [6, 6.07) is 13.1. The Labute approximate surface area is 140 Å². The number of nitrogens with zero attached hydrogens (tertiary/aromatic N) is 2. The van der Waals surface area contributed by atoms with Crippen molar-refractivity contribution in [2.75, 3.05) is 0 Å². The Kier molecular flexibility index (Phi) is 5.76. The van der Waals surface area contributed by atoms with E-state index >= 15 is 0 Å². The molecule has 6 nitrogen and oxygen atoms in total. The molecule has 2 aromatic rings. The van der Waals surface area contributed by atoms with Gasteiger partial charge in [-0.1, -0.05) is 40.2 Å². The van der Waals surface area contributed by atoms with Crippen molar-refractivity contribution in [3.8, 4) is 0 Å². The summed E-state index contributed by atoms with van der Waals surface area (Å²) in [4.78, 5) is 22.0. The summed E-state index contributed by atoms with van der Waals surface area (Å²) in [6.07, 6.45) is 4.64. The first kappa shape index (κ1) is 16.6. The predicted molar refractivity (Wildman–Crippen MR) is 92.2 cm³/mol. The van der Waals surface area contributed by atoms with Gasteiger partial charge >= 0.3 is 0 Å². The van der Waals surface area contributed by atoms with Crippen molar-refractivity contribution in [2.24, 2.45) is 5.10 Å². The van der Waals surface area contributed by atoms with Crippen molar-refractivity contribution in [3.63, 3.8) is 0 Å². The van der Waals surface area contributed by atoms with Gasteiger partial charge in [0.1, 0.15) is 0 Å². The van der Waals surface area contributed by atoms with Crippen molar-refractivity contribution in [3.05, 3.63) is 80.3 Å². The number of hydrogen-bond acceptors (Lipinski definition) is 4. The lowest BCUT2D eigenvalue weighted by molar-refractivity contribution is -0.384. The Balaban J connectivity index is 1.93. The number of rotatable bonds is 5. The Bertz CT molecular complexity index is 788. The van der Waals surface area contributed by atoms with Crippen LogP contribution in [0.5, 0.6) is 0 Å². The molecule has 0 saturated heterocycles. The van der Waals surface area contributed by atoms with Gasteiger partial charge in [0.2, 0.25) is 0 Å². The van der Waals surface area contributed by atoms with Crippen LogP contribution >= 0.6 is 15.9 Å². The zero-order valence-electron chi connectivity index (χ0n) is 11.8. The summed E-state index contributed by atoms with van der Waals surface area (Å²) >= 11 is 3.29. The molecule has 116 valence electrons. The van der Waals surface area contributed by atoms with Gasteiger partial charge in [-0.2, -0.15) is 5.10 Å². The van der Waals surface area contributed by atoms with Gasteiger partial charge in [0.15, 0.2) is 0 Å². The molecule has 0 unspecified atom stereocenters. The topological polar surface area (TPSA) is 84.6 Å². The molecule has 23 heavy (non-hydrogen) atoms. The zero-order valence-corrected chi connectivity index (χ0v) is 13.4. The first-order valence-corrected chi connectivity index (χ1v) is 7.35. The lowest BCUT2D eigenvalue weighted by Gasteiger charge is -1.99. The summed E-state index contributed by atoms with van der Waals surface area (Å²) in [7, 11) is 0. The van der Waals surface area contributed by atoms with Crippen LogP contribution < -0.4 is 5.43 Å². The summed E-state index contributed by atoms with van der Waals surface area (Å²) < 4.78 is 0.805. The molecule has 7 heteroatoms. The van der Waals surface area contributed by atoms with Crippen molar-refractivity contribution >= 4 is 39.8 Å². The van der Waals surface area contributed by atoms with Gasteiger partial charge in [-0.3, -0.25) is 14.9 Å². The van der Waals surface area contributed by atoms with E-state index < -0.39 is 4.92 Å². The average Bonchev–Trinajstić information content (AvgIpc) is 2.54. The summed E-state index contributed by atoms with van der Waals surface area (Å²) in [5.41, 5.74) is 3.57. The number of non-ortho nitro benzene ring substituents is 1. The van der Waals surface area contributed by atoms with Gasteiger partial charge in [0, 0.05) is 28.4 Å². The van der Waals surface area contributed by atoms with Crippen molar-refractivity contribution in [1.82, 2.24) is 5.43 Å². The van der Waals surface area contributed by atoms with Crippen molar-refractivity contribution < 1.29 is 9.72 Å². The molecule has 0 aliphatic carbocycles. The van der Waals surface area contributed by atoms with Gasteiger partial charge in [-0.15, -0.1) is 0 Å². The lowest BCUT2D eigenvalue weighted by atomic mass is 10.2. The molecule has 0 radical (unpaired) electrons. The number of allylic oxidation sites excluding steroid dienone is 1. The van der Waals surface area contributed by atoms with E-state index in [4.69, 9.17) is 0 Å². The van der Waals surface area contributed by atoms with Crippen LogP contribution in [0, 0.1) is 10.1 Å². The van der Waals surface area contributed by atoms with Crippen LogP contribution in [-0.4, -0.2) is 17.0 Å². The molecule has 2 aromatic carbocycles. The standard InChI is InChI=1S/C16H12BrN3O3/c17-14-7-2-6-13(11-14)16(21)19-18-9-3-5-12-4-1-8-15(10-12)20(22)23/h1-11H,(H,19,21)/b5-3+,18-9+. The van der Waals surface area contributed by atoms with Crippen LogP contribution in [0.25, 0.3) is 6.08 Å². The molecule has 0 fully saturated rings. The van der Waals surface area contributed by atoms with Gasteiger partial charge in [-0.05, 0) is 29.8 Å². The summed E-state index contributed by atoms with van der Waals surface area (Å²) in [5, 5.41) is 14.5. The predicted octanol–water partition coefficient (Wildman–Crippen LogP) is 3.79. The second-order valence-electron chi connectivity index (χ2n) is 4.44. The van der Waals surface area contributed by atoms with Crippen molar-refractivity contribution in [1.29, 1.82) is 0 Å². The molecule has 0 saturated carbocycles. The maximum absolute atomic E-state index is 11.8. The molecular formula is C16H12BrN3O3. The highest BCUT2D eigenvalue weighted by atomic mass is 79.9. The van der Waals surface area contributed by atoms with Crippen LogP contribution in [0.1, 0.15) is 15.9 Å². The van der Waals surface area contributed by atoms with E-state index in [1.165, 1.54) is 18.3 Å². The molecule has 0 atom stereocenters. The molecule has 0 spiro atoms. The highest BCUT2D eigenvalue weighted by Crippen LogP contribution is 2.14. The number of carbonyl (C=O) groups is 1. The third kappa shape index (κ3) is 5.15. The normalized spacial score (nSPS) is 11.0. The lowest BCUT2D eigenvalue weighted by Crippen LogP contribution is -2.17. The minimum absolute atomic E-state index is 0.0204. The van der Waals surface area contributed by atoms with Crippen LogP contribution in [0.15, 0.2) is 64.2 Å². The largest absolute Gasteiger partial charge is 0.271 e. The molecule has 0 aliphatic heterocycles. The first-order valence-electron chi connectivity index (χ1n) is 6.56. The maximum atomic E-state index is 11.8. The fraction of sp³-hybridized carbons (Fsp3) is 0. The minimum Gasteiger partial charge on any atom is -0.267 e. The third-order valence-corrected chi connectivity index (χ3v) is 3.28. The number of nitrogens with one attached hydrogen (secondary N) is 1. The molecule has 1 N–H and O–H groups in total. The maximum Gasteiger partial charge on any atom is 0.271 e. The highest BCUT2D eigenvalue weighted by molar-refractivity contribution is 9.10. The summed E-state index contributed by atoms with van der Waals surface area (Å²) in [6.45, 7) is 0. The number of carbonyl (C=O) groups excluding carboxylic acids is 1. The number of nitro groups is 1. The molecule has 0 bridgehead atoms. The van der Waals surface area contributed by atoms with E-state index in [1.807, 2.05) is 6.07 Å². The van der Waals surface area contributed by atoms with E-state index in [2.05, 4.69) is 26.5 Å². The zero-order chi connectivity index (χ0) is 16.7. The van der Waals surface area contributed by atoms with E-state index in [-0.39, 0.29) is 11.6 Å². The third-order valence-electron chi connectivity index (χ3n) is 2.78. The van der Waals surface area contributed by atoms with Gasteiger partial charge in [0.05, 0.1) is 4.92 Å². The molecule has 0 heterocycles. The Morgan fingerprint density at radius 2 is 2.00 bits per heavy atom. The second kappa shape index (κ2) is 8.00. The second-order valence-corrected chi connectivity index (χ2v) is 5.36. The molecule has 1 amide bonds. The van der Waals surface area contributed by atoms with Gasteiger partial charge < -0.3 is 0 Å². The fourth-order valence-corrected chi connectivity index (χ4v) is 2.13. The highest BCUT2D eigenvalue weighted by Gasteiger charge is 2.04. The minimum atomic E-state index is -0.455. The van der Waals surface area contributed by atoms with Crippen LogP contribution in [-0.2, 0) is 0 Å². The number of hydrogen-bond donors (Lipinski definition) is 1. The fourth-order valence-electron chi connectivity index (χ4n) is 1.73. The number of halogens is 1. The van der Waals surface area contributed by atoms with Crippen molar-refractivity contribution in [2.45, 2.75) is 0 Å². The number of hydrazone groups is 1. The molecule has 0 aromatic heterocycles. The van der Waals surface area contributed by atoms with Crippen LogP contribution in [0.4, 0.5) is 5.69 Å². The average molecular weight is 374 g/mol. The van der Waals surface area contributed by atoms with E-state index in [0.717, 1.165) is 4.47 Å². The monoisotopic (exact) mass is 373 g/mol. The number of amides is 1. The van der Waals surface area contributed by atoms with Crippen LogP contribution in [0.3, 0.4) is 0 Å². The molecule has 2 rings (SSSR count). The Morgan fingerprint density at radius 1 is 1.22 bits per heavy atom. The van der Waals surface area contributed by atoms with E-state index in [9.17, 15) is 14.9 Å². The van der Waals surface area contributed by atoms with E-state index in [1.54, 1.807) is 42.5 Å². The van der Waals surface area contributed by atoms with E-state index in [0.29, 0.717) is 11.1 Å². The quantitative estimate of drug-likeness (QED) is 0.491. The first-order chi connectivity index (χ1) is 11.1. The smallest absolute Gasteiger partial charge is 0.267 e. The molecule has 0 aliphatic rings. The number of nitro benzene ring substituents is 1. The number of benzene rings is 2. The van der Waals surface area contributed by atoms with Crippen LogP contribution in [0.2, 0.25) is 0 Å².